The van der Waals surface area contributed by atoms with Crippen LogP contribution in [0.4, 0.5) is 5.69 Å². The molecule has 4 atom stereocenters. The van der Waals surface area contributed by atoms with Crippen molar-refractivity contribution < 1.29 is 14.4 Å². The van der Waals surface area contributed by atoms with E-state index in [2.05, 4.69) is 0 Å². The van der Waals surface area contributed by atoms with Crippen molar-refractivity contribution in [3.63, 3.8) is 0 Å². The van der Waals surface area contributed by atoms with Crippen molar-refractivity contribution in [3.05, 3.63) is 70.9 Å². The monoisotopic (exact) mass is 387 g/mol. The lowest BCUT2D eigenvalue weighted by Gasteiger charge is -2.34. The number of hydrogen-bond acceptors (Lipinski definition) is 4. The van der Waals surface area contributed by atoms with Gasteiger partial charge in [0.15, 0.2) is 0 Å². The fourth-order valence-electron chi connectivity index (χ4n) is 5.22. The fraction of sp³-hybridized carbons (Fsp3) is 0.261. The van der Waals surface area contributed by atoms with Gasteiger partial charge in [-0.3, -0.25) is 14.4 Å². The van der Waals surface area contributed by atoms with E-state index in [-0.39, 0.29) is 17.9 Å². The number of carbonyl (C=O) groups excluding carboxylic acids is 3. The first-order valence-corrected chi connectivity index (χ1v) is 9.68. The molecule has 3 aliphatic rings. The maximum atomic E-state index is 13.6. The highest BCUT2D eigenvalue weighted by atomic mass is 16.2. The molecular weight excluding hydrogens is 366 g/mol. The van der Waals surface area contributed by atoms with E-state index in [0.29, 0.717) is 5.69 Å². The Morgan fingerprint density at radius 2 is 1.62 bits per heavy atom. The number of nitrogens with zero attached hydrogens (tertiary/aromatic N) is 2. The number of rotatable bonds is 2. The molecule has 5 rings (SSSR count). The second-order valence-corrected chi connectivity index (χ2v) is 8.09. The molecule has 0 bridgehead atoms. The zero-order chi connectivity index (χ0) is 20.4. The van der Waals surface area contributed by atoms with Crippen LogP contribution in [0.3, 0.4) is 0 Å². The van der Waals surface area contributed by atoms with Crippen LogP contribution in [0.2, 0.25) is 0 Å². The quantitative estimate of drug-likeness (QED) is 0.802. The summed E-state index contributed by atoms with van der Waals surface area (Å²) in [6.45, 7) is 3.86. The second kappa shape index (κ2) is 6.04. The molecule has 2 aromatic carbocycles. The van der Waals surface area contributed by atoms with Crippen LogP contribution in [0.1, 0.15) is 28.3 Å². The lowest BCUT2D eigenvalue weighted by atomic mass is 9.84. The molecular formula is C23H21N3O3. The number of nitrogens with two attached hydrogens (primary N) is 1. The van der Waals surface area contributed by atoms with Crippen molar-refractivity contribution in [1.82, 2.24) is 4.90 Å². The van der Waals surface area contributed by atoms with E-state index >= 15 is 0 Å². The SMILES string of the molecule is Cc1cc(C)cc(N2C(=O)[C@@H]3[C@H](C2=O)[C@H](C(N)=O)N2C=Cc4ccccc4[C@H]32)c1. The van der Waals surface area contributed by atoms with Gasteiger partial charge in [0.05, 0.1) is 23.6 Å². The zero-order valence-electron chi connectivity index (χ0n) is 16.2. The summed E-state index contributed by atoms with van der Waals surface area (Å²) in [6.07, 6.45) is 3.70. The van der Waals surface area contributed by atoms with Crippen molar-refractivity contribution in [2.75, 3.05) is 4.90 Å². The predicted molar refractivity (Wildman–Crippen MR) is 108 cm³/mol. The molecule has 2 fully saturated rings. The third-order valence-electron chi connectivity index (χ3n) is 6.22. The van der Waals surface area contributed by atoms with Crippen LogP contribution in [0.5, 0.6) is 0 Å². The Balaban J connectivity index is 1.66. The lowest BCUT2D eigenvalue weighted by Crippen LogP contribution is -2.46. The van der Waals surface area contributed by atoms with E-state index in [1.165, 1.54) is 4.90 Å². The molecule has 3 amide bonds. The highest BCUT2D eigenvalue weighted by Crippen LogP contribution is 2.53. The standard InChI is InChI=1S/C23H21N3O3/c1-12-9-13(2)11-15(10-12)26-22(28)17-18(23(26)29)20(21(24)27)25-8-7-14-5-3-4-6-16(14)19(17)25/h3-11,17-20H,1-2H3,(H2,24,27)/t17-,18+,19-,20-/m1/s1. The molecule has 6 heteroatoms. The highest BCUT2D eigenvalue weighted by molar-refractivity contribution is 6.24. The molecule has 0 aliphatic carbocycles. The third kappa shape index (κ3) is 2.38. The maximum Gasteiger partial charge on any atom is 0.240 e. The molecule has 0 spiro atoms. The summed E-state index contributed by atoms with van der Waals surface area (Å²) in [7, 11) is 0. The summed E-state index contributed by atoms with van der Waals surface area (Å²) < 4.78 is 0. The number of amides is 3. The third-order valence-corrected chi connectivity index (χ3v) is 6.22. The first-order valence-electron chi connectivity index (χ1n) is 9.68. The lowest BCUT2D eigenvalue weighted by molar-refractivity contribution is -0.129. The molecule has 0 saturated carbocycles. The molecule has 2 aromatic rings. The van der Waals surface area contributed by atoms with Gasteiger partial charge in [-0.15, -0.1) is 0 Å². The second-order valence-electron chi connectivity index (χ2n) is 8.09. The summed E-state index contributed by atoms with van der Waals surface area (Å²) in [5, 5.41) is 0. The van der Waals surface area contributed by atoms with Crippen molar-refractivity contribution in [2.45, 2.75) is 25.9 Å². The average molecular weight is 387 g/mol. The van der Waals surface area contributed by atoms with Crippen LogP contribution < -0.4 is 10.6 Å². The molecule has 2 saturated heterocycles. The van der Waals surface area contributed by atoms with E-state index in [4.69, 9.17) is 5.73 Å². The maximum absolute atomic E-state index is 13.6. The minimum atomic E-state index is -0.845. The van der Waals surface area contributed by atoms with Gasteiger partial charge in [0, 0.05) is 6.20 Å². The van der Waals surface area contributed by atoms with E-state index < -0.39 is 23.8 Å². The van der Waals surface area contributed by atoms with Crippen molar-refractivity contribution in [1.29, 1.82) is 0 Å². The number of imide groups is 1. The average Bonchev–Trinajstić information content (AvgIpc) is 3.14. The van der Waals surface area contributed by atoms with E-state index in [1.54, 1.807) is 11.1 Å². The first-order chi connectivity index (χ1) is 13.9. The van der Waals surface area contributed by atoms with Gasteiger partial charge in [-0.05, 0) is 54.3 Å². The van der Waals surface area contributed by atoms with Gasteiger partial charge in [0.1, 0.15) is 6.04 Å². The van der Waals surface area contributed by atoms with Gasteiger partial charge in [-0.25, -0.2) is 4.90 Å². The van der Waals surface area contributed by atoms with Crippen molar-refractivity contribution >= 4 is 29.5 Å². The summed E-state index contributed by atoms with van der Waals surface area (Å²) in [5.74, 6) is -2.65. The minimum absolute atomic E-state index is 0.270. The fourth-order valence-corrected chi connectivity index (χ4v) is 5.22. The Labute approximate surface area is 168 Å². The molecule has 0 unspecified atom stereocenters. The normalized spacial score (nSPS) is 27.1. The molecule has 0 radical (unpaired) electrons. The van der Waals surface area contributed by atoms with Crippen LogP contribution >= 0.6 is 0 Å². The van der Waals surface area contributed by atoms with Gasteiger partial charge in [-0.2, -0.15) is 0 Å². The summed E-state index contributed by atoms with van der Waals surface area (Å²) in [4.78, 5) is 42.4. The van der Waals surface area contributed by atoms with E-state index in [9.17, 15) is 14.4 Å². The number of fused-ring (bicyclic) bond motifs is 5. The Hall–Kier alpha value is -3.41. The number of anilines is 1. The van der Waals surface area contributed by atoms with Crippen LogP contribution in [0.25, 0.3) is 6.08 Å². The Kier molecular flexibility index (Phi) is 3.68. The van der Waals surface area contributed by atoms with Crippen molar-refractivity contribution in [2.24, 2.45) is 17.6 Å². The van der Waals surface area contributed by atoms with Gasteiger partial charge < -0.3 is 10.6 Å². The van der Waals surface area contributed by atoms with Crippen LogP contribution in [-0.4, -0.2) is 28.7 Å². The smallest absolute Gasteiger partial charge is 0.240 e. The number of hydrogen-bond donors (Lipinski definition) is 1. The summed E-state index contributed by atoms with van der Waals surface area (Å²) in [5.41, 5.74) is 10.1. The van der Waals surface area contributed by atoms with Gasteiger partial charge in [0.25, 0.3) is 0 Å². The minimum Gasteiger partial charge on any atom is -0.368 e. The summed E-state index contributed by atoms with van der Waals surface area (Å²) in [6, 6.07) is 12.2. The highest BCUT2D eigenvalue weighted by Gasteiger charge is 2.64. The number of aryl methyl sites for hydroxylation is 2. The first kappa shape index (κ1) is 17.7. The molecule has 29 heavy (non-hydrogen) atoms. The van der Waals surface area contributed by atoms with Gasteiger partial charge in [-0.1, -0.05) is 30.3 Å². The van der Waals surface area contributed by atoms with Gasteiger partial charge in [0.2, 0.25) is 17.7 Å². The summed E-state index contributed by atoms with van der Waals surface area (Å²) >= 11 is 0. The zero-order valence-corrected chi connectivity index (χ0v) is 16.2. The Morgan fingerprint density at radius 3 is 2.31 bits per heavy atom. The predicted octanol–water partition coefficient (Wildman–Crippen LogP) is 2.30. The van der Waals surface area contributed by atoms with Crippen LogP contribution in [-0.2, 0) is 14.4 Å². The number of carbonyl (C=O) groups is 3. The Bertz CT molecular complexity index is 1090. The van der Waals surface area contributed by atoms with E-state index in [0.717, 1.165) is 22.3 Å². The number of primary amides is 1. The van der Waals surface area contributed by atoms with Crippen molar-refractivity contribution in [3.8, 4) is 0 Å². The molecule has 0 aromatic heterocycles. The van der Waals surface area contributed by atoms with E-state index in [1.807, 2.05) is 62.4 Å². The topological polar surface area (TPSA) is 83.7 Å². The molecule has 2 N–H and O–H groups in total. The molecule has 3 aliphatic heterocycles. The number of benzene rings is 2. The molecule has 3 heterocycles. The van der Waals surface area contributed by atoms with Crippen LogP contribution in [0.15, 0.2) is 48.7 Å². The van der Waals surface area contributed by atoms with Crippen LogP contribution in [0, 0.1) is 25.7 Å². The molecule has 146 valence electrons. The van der Waals surface area contributed by atoms with Gasteiger partial charge >= 0.3 is 0 Å². The Morgan fingerprint density at radius 1 is 0.966 bits per heavy atom. The largest absolute Gasteiger partial charge is 0.368 e. The molecule has 6 nitrogen and oxygen atoms in total.